The molecule has 0 spiro atoms. The van der Waals surface area contributed by atoms with Crippen LogP contribution in [-0.4, -0.2) is 6.36 Å². The van der Waals surface area contributed by atoms with Crippen LogP contribution in [0, 0.1) is 17.8 Å². The first-order valence-electron chi connectivity index (χ1n) is 9.57. The first-order chi connectivity index (χ1) is 12.4. The summed E-state index contributed by atoms with van der Waals surface area (Å²) < 4.78 is 40.7. The van der Waals surface area contributed by atoms with E-state index in [9.17, 15) is 13.2 Å². The molecule has 0 unspecified atom stereocenters. The lowest BCUT2D eigenvalue weighted by Gasteiger charge is -2.37. The fraction of sp³-hybridized carbons (Fsp3) is 0.619. The number of alkyl halides is 3. The van der Waals surface area contributed by atoms with Crippen molar-refractivity contribution in [2.75, 3.05) is 0 Å². The Morgan fingerprint density at radius 3 is 1.88 bits per heavy atom. The minimum atomic E-state index is -4.63. The maximum Gasteiger partial charge on any atom is 0.573 e. The molecule has 0 aliphatic heterocycles. The van der Waals surface area contributed by atoms with Crippen LogP contribution in [0.1, 0.15) is 62.8 Å². The zero-order valence-electron chi connectivity index (χ0n) is 14.9. The summed E-state index contributed by atoms with van der Waals surface area (Å²) in [6.07, 6.45) is 7.30. The van der Waals surface area contributed by atoms with Gasteiger partial charge in [-0.15, -0.1) is 13.2 Å². The number of benzene rings is 1. The van der Waals surface area contributed by atoms with Crippen LogP contribution in [0.4, 0.5) is 13.2 Å². The van der Waals surface area contributed by atoms with Gasteiger partial charge in [-0.2, -0.15) is 0 Å². The Hall–Kier alpha value is -1.16. The van der Waals surface area contributed by atoms with Gasteiger partial charge in [-0.3, -0.25) is 0 Å². The van der Waals surface area contributed by atoms with Crippen molar-refractivity contribution in [2.24, 2.45) is 17.8 Å². The van der Waals surface area contributed by atoms with Gasteiger partial charge in [0.2, 0.25) is 0 Å². The minimum absolute atomic E-state index is 0.141. The molecular formula is C21H26ClF3O. The second-order valence-corrected chi connectivity index (χ2v) is 7.97. The summed E-state index contributed by atoms with van der Waals surface area (Å²) >= 11 is 5.69. The van der Waals surface area contributed by atoms with Crippen molar-refractivity contribution in [3.05, 3.63) is 41.4 Å². The molecule has 0 aromatic heterocycles. The van der Waals surface area contributed by atoms with Gasteiger partial charge >= 0.3 is 6.36 Å². The summed E-state index contributed by atoms with van der Waals surface area (Å²) in [6, 6.07) is 6.44. The van der Waals surface area contributed by atoms with E-state index in [1.54, 1.807) is 17.7 Å². The predicted octanol–water partition coefficient (Wildman–Crippen LogP) is 7.42. The van der Waals surface area contributed by atoms with Crippen molar-refractivity contribution >= 4 is 11.6 Å². The summed E-state index contributed by atoms with van der Waals surface area (Å²) in [4.78, 5) is 0. The molecule has 2 fully saturated rings. The third kappa shape index (κ3) is 5.42. The average Bonchev–Trinajstić information content (AvgIpc) is 2.62. The van der Waals surface area contributed by atoms with Gasteiger partial charge in [0.05, 0.1) is 0 Å². The number of allylic oxidation sites excluding steroid dienone is 1. The zero-order valence-corrected chi connectivity index (χ0v) is 15.6. The molecule has 1 nitrogen and oxygen atoms in total. The van der Waals surface area contributed by atoms with E-state index in [2.05, 4.69) is 10.8 Å². The van der Waals surface area contributed by atoms with Crippen LogP contribution in [0.2, 0.25) is 0 Å². The van der Waals surface area contributed by atoms with Crippen molar-refractivity contribution in [3.63, 3.8) is 0 Å². The van der Waals surface area contributed by atoms with Crippen LogP contribution in [0.25, 0.3) is 0 Å². The highest BCUT2D eigenvalue weighted by atomic mass is 35.5. The third-order valence-corrected chi connectivity index (χ3v) is 6.33. The minimum Gasteiger partial charge on any atom is -0.406 e. The van der Waals surface area contributed by atoms with Gasteiger partial charge in [0.15, 0.2) is 0 Å². The number of ether oxygens (including phenoxy) is 1. The largest absolute Gasteiger partial charge is 0.573 e. The van der Waals surface area contributed by atoms with Gasteiger partial charge in [0.1, 0.15) is 5.75 Å². The van der Waals surface area contributed by atoms with E-state index in [0.29, 0.717) is 11.8 Å². The van der Waals surface area contributed by atoms with Gasteiger partial charge in [0, 0.05) is 5.54 Å². The standard InChI is InChI=1S/C21H26ClF3O/c22-14-13-15-1-3-16(4-2-15)17-5-7-18(8-6-17)19-9-11-20(12-10-19)26-21(23,24)25/h9-18H,1-8H2. The highest BCUT2D eigenvalue weighted by molar-refractivity contribution is 6.25. The molecule has 0 atom stereocenters. The zero-order chi connectivity index (χ0) is 18.6. The Balaban J connectivity index is 1.48. The molecule has 26 heavy (non-hydrogen) atoms. The van der Waals surface area contributed by atoms with Gasteiger partial charge in [-0.25, -0.2) is 0 Å². The van der Waals surface area contributed by atoms with Gasteiger partial charge < -0.3 is 4.74 Å². The molecule has 1 aromatic rings. The molecule has 0 radical (unpaired) electrons. The number of rotatable bonds is 4. The lowest BCUT2D eigenvalue weighted by atomic mass is 9.68. The number of hydrogen-bond acceptors (Lipinski definition) is 1. The monoisotopic (exact) mass is 386 g/mol. The maximum absolute atomic E-state index is 12.3. The van der Waals surface area contributed by atoms with E-state index in [-0.39, 0.29) is 5.75 Å². The Morgan fingerprint density at radius 2 is 1.38 bits per heavy atom. The Morgan fingerprint density at radius 1 is 0.846 bits per heavy atom. The van der Waals surface area contributed by atoms with E-state index in [4.69, 9.17) is 11.6 Å². The summed E-state index contributed by atoms with van der Waals surface area (Å²) in [5.74, 6) is 2.61. The predicted molar refractivity (Wildman–Crippen MR) is 98.3 cm³/mol. The summed E-state index contributed by atoms with van der Waals surface area (Å²) in [6.45, 7) is 0. The van der Waals surface area contributed by atoms with Crippen LogP contribution >= 0.6 is 11.6 Å². The normalized spacial score (nSPS) is 30.5. The molecule has 144 valence electrons. The number of hydrogen-bond donors (Lipinski definition) is 0. The fourth-order valence-electron chi connectivity index (χ4n) is 4.78. The summed E-state index contributed by atoms with van der Waals surface area (Å²) in [5, 5.41) is 0. The van der Waals surface area contributed by atoms with Crippen LogP contribution < -0.4 is 4.74 Å². The second kappa shape index (κ2) is 8.69. The smallest absolute Gasteiger partial charge is 0.406 e. The van der Waals surface area contributed by atoms with Crippen LogP contribution in [-0.2, 0) is 0 Å². The average molecular weight is 387 g/mol. The van der Waals surface area contributed by atoms with Crippen molar-refractivity contribution in [1.82, 2.24) is 0 Å². The van der Waals surface area contributed by atoms with E-state index < -0.39 is 6.36 Å². The first-order valence-corrected chi connectivity index (χ1v) is 10.0. The van der Waals surface area contributed by atoms with E-state index in [1.807, 2.05) is 0 Å². The van der Waals surface area contributed by atoms with E-state index in [1.165, 1.54) is 50.7 Å². The third-order valence-electron chi connectivity index (χ3n) is 6.18. The SMILES string of the molecule is FC(F)(F)Oc1ccc(C2CCC(C3CCC(C=CCl)CC3)CC2)cc1. The fourth-order valence-corrected chi connectivity index (χ4v) is 4.98. The second-order valence-electron chi connectivity index (χ2n) is 7.72. The van der Waals surface area contributed by atoms with Crippen LogP contribution in [0.3, 0.4) is 0 Å². The molecule has 2 saturated carbocycles. The van der Waals surface area contributed by atoms with Crippen molar-refractivity contribution in [1.29, 1.82) is 0 Å². The molecule has 0 saturated heterocycles. The molecule has 1 aromatic carbocycles. The van der Waals surface area contributed by atoms with Crippen molar-refractivity contribution in [2.45, 2.75) is 63.6 Å². The first kappa shape index (κ1) is 19.6. The van der Waals surface area contributed by atoms with Crippen LogP contribution in [0.5, 0.6) is 5.75 Å². The van der Waals surface area contributed by atoms with E-state index in [0.717, 1.165) is 30.2 Å². The number of halogens is 4. The topological polar surface area (TPSA) is 9.23 Å². The van der Waals surface area contributed by atoms with Gasteiger partial charge in [0.25, 0.3) is 0 Å². The molecule has 0 bridgehead atoms. The van der Waals surface area contributed by atoms with Gasteiger partial charge in [-0.1, -0.05) is 29.8 Å². The molecule has 2 aliphatic rings. The Kier molecular flexibility index (Phi) is 6.55. The summed E-state index contributed by atoms with van der Waals surface area (Å²) in [5.41, 5.74) is 2.79. The summed E-state index contributed by atoms with van der Waals surface area (Å²) in [7, 11) is 0. The quantitative estimate of drug-likeness (QED) is 0.523. The van der Waals surface area contributed by atoms with E-state index >= 15 is 0 Å². The lowest BCUT2D eigenvalue weighted by molar-refractivity contribution is -0.274. The highest BCUT2D eigenvalue weighted by Gasteiger charge is 2.32. The lowest BCUT2D eigenvalue weighted by Crippen LogP contribution is -2.25. The molecule has 0 N–H and O–H groups in total. The highest BCUT2D eigenvalue weighted by Crippen LogP contribution is 2.44. The molecular weight excluding hydrogens is 361 g/mol. The van der Waals surface area contributed by atoms with Gasteiger partial charge in [-0.05, 0) is 92.7 Å². The Labute approximate surface area is 158 Å². The molecule has 5 heteroatoms. The Bertz CT molecular complexity index is 580. The molecule has 0 amide bonds. The van der Waals surface area contributed by atoms with Crippen molar-refractivity contribution in [3.8, 4) is 5.75 Å². The molecule has 2 aliphatic carbocycles. The van der Waals surface area contributed by atoms with Crippen molar-refractivity contribution < 1.29 is 17.9 Å². The van der Waals surface area contributed by atoms with Crippen LogP contribution in [0.15, 0.2) is 35.9 Å². The maximum atomic E-state index is 12.3. The molecule has 3 rings (SSSR count). The molecule has 0 heterocycles.